The van der Waals surface area contributed by atoms with Crippen molar-refractivity contribution in [1.29, 1.82) is 0 Å². The van der Waals surface area contributed by atoms with E-state index in [4.69, 9.17) is 39.5 Å². The van der Waals surface area contributed by atoms with Gasteiger partial charge in [-0.15, -0.1) is 0 Å². The SMILES string of the molecule is O=C(O)c1cc(-c2ccc(OCc3cc(Cl)ccc3Cl)cc2)cn1Cc1cccc(Cl)c1. The van der Waals surface area contributed by atoms with Crippen LogP contribution in [0.3, 0.4) is 0 Å². The third-order valence-corrected chi connectivity index (χ3v) is 5.79. The average Bonchev–Trinajstić information content (AvgIpc) is 3.19. The molecule has 1 N–H and O–H groups in total. The van der Waals surface area contributed by atoms with Gasteiger partial charge in [0, 0.05) is 38.9 Å². The first kappa shape index (κ1) is 22.3. The third kappa shape index (κ3) is 5.28. The van der Waals surface area contributed by atoms with Crippen LogP contribution < -0.4 is 4.74 Å². The monoisotopic (exact) mass is 485 g/mol. The summed E-state index contributed by atoms with van der Waals surface area (Å²) < 4.78 is 7.52. The maximum Gasteiger partial charge on any atom is 0.352 e. The predicted octanol–water partition coefficient (Wildman–Crippen LogP) is 7.44. The second-order valence-electron chi connectivity index (χ2n) is 7.23. The molecule has 0 radical (unpaired) electrons. The topological polar surface area (TPSA) is 51.5 Å². The number of carboxylic acids is 1. The number of benzene rings is 3. The smallest absolute Gasteiger partial charge is 0.352 e. The normalized spacial score (nSPS) is 10.8. The van der Waals surface area contributed by atoms with Gasteiger partial charge in [0.15, 0.2) is 0 Å². The fraction of sp³-hybridized carbons (Fsp3) is 0.0800. The number of halogens is 3. The number of ether oxygens (including phenoxy) is 1. The van der Waals surface area contributed by atoms with E-state index in [0.29, 0.717) is 27.4 Å². The zero-order valence-corrected chi connectivity index (χ0v) is 19.0. The van der Waals surface area contributed by atoms with Crippen molar-refractivity contribution in [3.8, 4) is 16.9 Å². The van der Waals surface area contributed by atoms with Gasteiger partial charge in [-0.1, -0.05) is 59.1 Å². The average molecular weight is 487 g/mol. The van der Waals surface area contributed by atoms with Crippen molar-refractivity contribution in [2.75, 3.05) is 0 Å². The first-order valence-electron chi connectivity index (χ1n) is 9.74. The fourth-order valence-electron chi connectivity index (χ4n) is 3.37. The van der Waals surface area contributed by atoms with Gasteiger partial charge < -0.3 is 14.4 Å². The number of carboxylic acid groups (broad SMARTS) is 1. The van der Waals surface area contributed by atoms with Gasteiger partial charge in [0.25, 0.3) is 0 Å². The van der Waals surface area contributed by atoms with E-state index >= 15 is 0 Å². The second-order valence-corrected chi connectivity index (χ2v) is 8.51. The molecule has 1 heterocycles. The standard InChI is InChI=1S/C25H18Cl3NO3/c26-20-3-1-2-16(10-20)13-29-14-18(12-24(29)25(30)31)17-4-7-22(8-5-17)32-15-19-11-21(27)6-9-23(19)28/h1-12,14H,13,15H2,(H,30,31). The molecule has 162 valence electrons. The molecule has 4 rings (SSSR count). The third-order valence-electron chi connectivity index (χ3n) is 4.95. The van der Waals surface area contributed by atoms with Gasteiger partial charge in [-0.05, 0) is 59.7 Å². The Balaban J connectivity index is 1.52. The summed E-state index contributed by atoms with van der Waals surface area (Å²) in [5, 5.41) is 11.4. The molecular formula is C25H18Cl3NO3. The second kappa shape index (κ2) is 9.70. The lowest BCUT2D eigenvalue weighted by molar-refractivity contribution is 0.0685. The molecular weight excluding hydrogens is 469 g/mol. The summed E-state index contributed by atoms with van der Waals surface area (Å²) in [5.74, 6) is -0.321. The van der Waals surface area contributed by atoms with E-state index in [1.807, 2.05) is 48.7 Å². The molecule has 4 aromatic rings. The van der Waals surface area contributed by atoms with Crippen LogP contribution in [0.25, 0.3) is 11.1 Å². The molecule has 7 heteroatoms. The van der Waals surface area contributed by atoms with Crippen LogP contribution in [0.5, 0.6) is 5.75 Å². The van der Waals surface area contributed by atoms with E-state index in [2.05, 4.69) is 0 Å². The van der Waals surface area contributed by atoms with Crippen LogP contribution in [0.4, 0.5) is 0 Å². The zero-order chi connectivity index (χ0) is 22.7. The summed E-state index contributed by atoms with van der Waals surface area (Å²) in [6.45, 7) is 0.696. The Morgan fingerprint density at radius 3 is 2.34 bits per heavy atom. The number of nitrogens with zero attached hydrogens (tertiary/aromatic N) is 1. The van der Waals surface area contributed by atoms with Crippen molar-refractivity contribution >= 4 is 40.8 Å². The number of hydrogen-bond donors (Lipinski definition) is 1. The minimum absolute atomic E-state index is 0.205. The molecule has 0 saturated carbocycles. The van der Waals surface area contributed by atoms with Crippen molar-refractivity contribution in [3.05, 3.63) is 111 Å². The summed E-state index contributed by atoms with van der Waals surface area (Å²) in [7, 11) is 0. The van der Waals surface area contributed by atoms with E-state index in [1.165, 1.54) is 0 Å². The van der Waals surface area contributed by atoms with Gasteiger partial charge in [0.1, 0.15) is 18.1 Å². The summed E-state index contributed by atoms with van der Waals surface area (Å²) in [5.41, 5.74) is 3.60. The van der Waals surface area contributed by atoms with Gasteiger partial charge in [-0.2, -0.15) is 0 Å². The minimum Gasteiger partial charge on any atom is -0.489 e. The number of aromatic carboxylic acids is 1. The zero-order valence-electron chi connectivity index (χ0n) is 16.8. The van der Waals surface area contributed by atoms with Crippen molar-refractivity contribution < 1.29 is 14.6 Å². The molecule has 0 aliphatic rings. The lowest BCUT2D eigenvalue weighted by Crippen LogP contribution is -2.08. The molecule has 3 aromatic carbocycles. The number of rotatable bonds is 7. The molecule has 0 bridgehead atoms. The van der Waals surface area contributed by atoms with Crippen molar-refractivity contribution in [2.24, 2.45) is 0 Å². The molecule has 0 unspecified atom stereocenters. The Labute approximate surface area is 200 Å². The Morgan fingerprint density at radius 1 is 0.875 bits per heavy atom. The fourth-order valence-corrected chi connectivity index (χ4v) is 3.95. The van der Waals surface area contributed by atoms with Gasteiger partial charge >= 0.3 is 5.97 Å². The Bertz CT molecular complexity index is 1270. The minimum atomic E-state index is -0.989. The maximum atomic E-state index is 11.8. The molecule has 0 aliphatic carbocycles. The largest absolute Gasteiger partial charge is 0.489 e. The Kier molecular flexibility index (Phi) is 6.75. The van der Waals surface area contributed by atoms with Crippen LogP contribution >= 0.6 is 34.8 Å². The number of aromatic nitrogens is 1. The molecule has 0 saturated heterocycles. The van der Waals surface area contributed by atoms with Crippen LogP contribution in [0, 0.1) is 0 Å². The summed E-state index contributed by atoms with van der Waals surface area (Å²) >= 11 is 18.3. The van der Waals surface area contributed by atoms with Gasteiger partial charge in [-0.25, -0.2) is 4.79 Å². The Hall–Kier alpha value is -2.92. The number of carbonyl (C=O) groups is 1. The summed E-state index contributed by atoms with van der Waals surface area (Å²) in [4.78, 5) is 11.8. The quantitative estimate of drug-likeness (QED) is 0.295. The van der Waals surface area contributed by atoms with Crippen LogP contribution in [0.2, 0.25) is 15.1 Å². The van der Waals surface area contributed by atoms with E-state index in [0.717, 1.165) is 22.3 Å². The van der Waals surface area contributed by atoms with Gasteiger partial charge in [0.05, 0.1) is 0 Å². The highest BCUT2D eigenvalue weighted by atomic mass is 35.5. The first-order chi connectivity index (χ1) is 15.4. The molecule has 4 nitrogen and oxygen atoms in total. The van der Waals surface area contributed by atoms with E-state index in [1.54, 1.807) is 34.9 Å². The van der Waals surface area contributed by atoms with Gasteiger partial charge in [0.2, 0.25) is 0 Å². The van der Waals surface area contributed by atoms with Crippen LogP contribution in [-0.4, -0.2) is 15.6 Å². The molecule has 0 amide bonds. The summed E-state index contributed by atoms with van der Waals surface area (Å²) in [6, 6.07) is 21.7. The van der Waals surface area contributed by atoms with E-state index < -0.39 is 5.97 Å². The van der Waals surface area contributed by atoms with E-state index in [9.17, 15) is 9.90 Å². The highest BCUT2D eigenvalue weighted by Crippen LogP contribution is 2.27. The first-order valence-corrected chi connectivity index (χ1v) is 10.9. The summed E-state index contributed by atoms with van der Waals surface area (Å²) in [6.07, 6.45) is 1.83. The van der Waals surface area contributed by atoms with Crippen molar-refractivity contribution in [3.63, 3.8) is 0 Å². The molecule has 0 spiro atoms. The van der Waals surface area contributed by atoms with Crippen LogP contribution in [0.15, 0.2) is 79.0 Å². The Morgan fingerprint density at radius 2 is 1.62 bits per heavy atom. The lowest BCUT2D eigenvalue weighted by Gasteiger charge is -2.09. The molecule has 0 atom stereocenters. The highest BCUT2D eigenvalue weighted by molar-refractivity contribution is 6.33. The molecule has 1 aromatic heterocycles. The van der Waals surface area contributed by atoms with Crippen molar-refractivity contribution in [2.45, 2.75) is 13.2 Å². The molecule has 0 fully saturated rings. The molecule has 0 aliphatic heterocycles. The van der Waals surface area contributed by atoms with Gasteiger partial charge in [-0.3, -0.25) is 0 Å². The number of hydrogen-bond acceptors (Lipinski definition) is 2. The lowest BCUT2D eigenvalue weighted by atomic mass is 10.1. The highest BCUT2D eigenvalue weighted by Gasteiger charge is 2.14. The van der Waals surface area contributed by atoms with E-state index in [-0.39, 0.29) is 12.3 Å². The maximum absolute atomic E-state index is 11.8. The van der Waals surface area contributed by atoms with Crippen LogP contribution in [-0.2, 0) is 13.2 Å². The predicted molar refractivity (Wildman–Crippen MR) is 128 cm³/mol. The van der Waals surface area contributed by atoms with Crippen LogP contribution in [0.1, 0.15) is 21.6 Å². The van der Waals surface area contributed by atoms with Crippen molar-refractivity contribution in [1.82, 2.24) is 4.57 Å². The molecule has 32 heavy (non-hydrogen) atoms.